The highest BCUT2D eigenvalue weighted by atomic mass is 32.2. The molecule has 3 N–H and O–H groups in total. The number of hydrogen-bond acceptors (Lipinski definition) is 7. The first kappa shape index (κ1) is 43.8. The average Bonchev–Trinajstić information content (AvgIpc) is 2.97. The second-order valence-electron chi connectivity index (χ2n) is 13.1. The van der Waals surface area contributed by atoms with Crippen molar-refractivity contribution < 1.29 is 33.4 Å². The number of hydrogen-bond donors (Lipinski definition) is 3. The van der Waals surface area contributed by atoms with Crippen LogP contribution in [0.5, 0.6) is 0 Å². The van der Waals surface area contributed by atoms with Crippen LogP contribution in [0.1, 0.15) is 100 Å². The van der Waals surface area contributed by atoms with E-state index in [9.17, 15) is 28.6 Å². The number of nitrogens with one attached hydrogen (secondary N) is 2. The molecule has 0 radical (unpaired) electrons. The van der Waals surface area contributed by atoms with Gasteiger partial charge in [-0.3, -0.25) is 18.9 Å². The number of Topliss-reactive ketones (excluding diaryl/α,β-unsaturated/α-hetero) is 1. The number of rotatable bonds is 23. The van der Waals surface area contributed by atoms with Crippen molar-refractivity contribution in [2.24, 2.45) is 17.8 Å². The quantitative estimate of drug-likeness (QED) is 0.0604. The zero-order valence-corrected chi connectivity index (χ0v) is 31.7. The minimum Gasteiger partial charge on any atom is -0.467 e. The molecule has 46 heavy (non-hydrogen) atoms. The van der Waals surface area contributed by atoms with Gasteiger partial charge in [-0.1, -0.05) is 62.6 Å². The molecule has 0 aliphatic rings. The molecule has 0 rings (SSSR count). The van der Waals surface area contributed by atoms with Crippen LogP contribution in [0.3, 0.4) is 0 Å². The molecular formula is C35H61N2O7PS. The fraction of sp³-hybridized carbons (Fsp3) is 0.714. The molecule has 0 fully saturated rings. The van der Waals surface area contributed by atoms with Crippen LogP contribution in [0, 0.1) is 17.8 Å². The molecule has 0 bridgehead atoms. The maximum Gasteiger partial charge on any atom is 0.328 e. The summed E-state index contributed by atoms with van der Waals surface area (Å²) >= 11 is 1.55. The van der Waals surface area contributed by atoms with E-state index in [0.717, 1.165) is 31.3 Å². The number of ketones is 1. The predicted octanol–water partition coefficient (Wildman–Crippen LogP) is 6.85. The molecule has 2 amide bonds. The largest absolute Gasteiger partial charge is 0.467 e. The zero-order chi connectivity index (χ0) is 35.4. The van der Waals surface area contributed by atoms with Gasteiger partial charge in [0.05, 0.1) is 13.2 Å². The summed E-state index contributed by atoms with van der Waals surface area (Å²) in [5.74, 6) is -2.25. The molecule has 1 unspecified atom stereocenters. The van der Waals surface area contributed by atoms with Crippen molar-refractivity contribution in [3.05, 3.63) is 34.9 Å². The minimum absolute atomic E-state index is 0.00336. The summed E-state index contributed by atoms with van der Waals surface area (Å²) in [5.41, 5.74) is 3.68. The van der Waals surface area contributed by atoms with Crippen LogP contribution in [-0.2, 0) is 28.5 Å². The third-order valence-corrected chi connectivity index (χ3v) is 10.2. The summed E-state index contributed by atoms with van der Waals surface area (Å²) in [4.78, 5) is 62.1. The smallest absolute Gasteiger partial charge is 0.328 e. The van der Waals surface area contributed by atoms with Crippen molar-refractivity contribution in [3.8, 4) is 0 Å². The highest BCUT2D eigenvalue weighted by molar-refractivity contribution is 7.98. The van der Waals surface area contributed by atoms with E-state index in [0.29, 0.717) is 12.2 Å². The van der Waals surface area contributed by atoms with Crippen molar-refractivity contribution in [1.82, 2.24) is 10.6 Å². The molecule has 0 aromatic carbocycles. The number of ether oxygens (including phenoxy) is 1. The van der Waals surface area contributed by atoms with Crippen molar-refractivity contribution in [3.63, 3.8) is 0 Å². The van der Waals surface area contributed by atoms with Gasteiger partial charge in [-0.05, 0) is 83.6 Å². The second-order valence-corrected chi connectivity index (χ2v) is 16.6. The van der Waals surface area contributed by atoms with Crippen LogP contribution in [-0.4, -0.2) is 72.0 Å². The number of thioether (sulfide) groups is 1. The molecule has 4 atom stereocenters. The van der Waals surface area contributed by atoms with E-state index >= 15 is 0 Å². The van der Waals surface area contributed by atoms with Gasteiger partial charge in [-0.2, -0.15) is 11.8 Å². The fourth-order valence-corrected chi connectivity index (χ4v) is 6.55. The predicted molar refractivity (Wildman–Crippen MR) is 191 cm³/mol. The van der Waals surface area contributed by atoms with E-state index in [-0.39, 0.29) is 42.8 Å². The Kier molecular flexibility index (Phi) is 22.1. The molecule has 0 heterocycles. The van der Waals surface area contributed by atoms with Crippen LogP contribution < -0.4 is 10.6 Å². The summed E-state index contributed by atoms with van der Waals surface area (Å²) in [6, 6.07) is -1.66. The Morgan fingerprint density at radius 3 is 1.98 bits per heavy atom. The molecule has 0 saturated carbocycles. The first-order valence-corrected chi connectivity index (χ1v) is 19.8. The summed E-state index contributed by atoms with van der Waals surface area (Å²) in [5, 5.41) is 5.48. The van der Waals surface area contributed by atoms with Crippen molar-refractivity contribution in [2.75, 3.05) is 31.4 Å². The Labute approximate surface area is 282 Å². The van der Waals surface area contributed by atoms with Crippen LogP contribution in [0.2, 0.25) is 0 Å². The topological polar surface area (TPSA) is 139 Å². The monoisotopic (exact) mass is 684 g/mol. The fourth-order valence-electron chi connectivity index (χ4n) is 4.75. The van der Waals surface area contributed by atoms with E-state index < -0.39 is 43.2 Å². The van der Waals surface area contributed by atoms with Crippen LogP contribution >= 0.6 is 19.1 Å². The van der Waals surface area contributed by atoms with Gasteiger partial charge in [0, 0.05) is 31.1 Å². The van der Waals surface area contributed by atoms with Crippen molar-refractivity contribution in [2.45, 2.75) is 112 Å². The summed E-state index contributed by atoms with van der Waals surface area (Å²) in [7, 11) is -2.32. The number of esters is 1. The normalized spacial score (nSPS) is 15.5. The van der Waals surface area contributed by atoms with Crippen molar-refractivity contribution >= 4 is 42.7 Å². The maximum absolute atomic E-state index is 13.4. The van der Waals surface area contributed by atoms with Gasteiger partial charge in [-0.15, -0.1) is 0 Å². The van der Waals surface area contributed by atoms with Crippen LogP contribution in [0.15, 0.2) is 34.9 Å². The van der Waals surface area contributed by atoms with E-state index in [4.69, 9.17) is 4.74 Å². The standard InChI is InChI=1S/C35H61N2O7PS/c1-24(2)13-11-14-27(7)15-12-16-28(8)17-20-45(42,43)21-18-32(39)37-33(26(5)6)31(38)23-29(25(3)4)34(40)36-30(19-22-46-10)35(41)44-9/h13,15,17,25-26,29-30,33H,11-12,14,16,18-23H2,1-10H3,(H,36,40)(H,37,39)(H,42,43)/b27-15+,28-17+/t29-,30-,33-/m0/s1. The molecule has 11 heteroatoms. The molecule has 0 aromatic rings. The van der Waals surface area contributed by atoms with Gasteiger partial charge in [-0.25, -0.2) is 4.79 Å². The molecule has 0 aliphatic heterocycles. The van der Waals surface area contributed by atoms with E-state index in [2.05, 4.69) is 43.6 Å². The Morgan fingerprint density at radius 2 is 1.46 bits per heavy atom. The molecule has 0 aliphatic carbocycles. The van der Waals surface area contributed by atoms with Gasteiger partial charge < -0.3 is 20.3 Å². The highest BCUT2D eigenvalue weighted by Crippen LogP contribution is 2.41. The lowest BCUT2D eigenvalue weighted by atomic mass is 9.85. The van der Waals surface area contributed by atoms with Gasteiger partial charge in [0.2, 0.25) is 19.2 Å². The average molecular weight is 685 g/mol. The molecule has 264 valence electrons. The van der Waals surface area contributed by atoms with E-state index in [1.165, 1.54) is 18.3 Å². The molecule has 0 saturated heterocycles. The highest BCUT2D eigenvalue weighted by Gasteiger charge is 2.33. The molecule has 0 aromatic heterocycles. The SMILES string of the molecule is COC(=O)[C@H](CCSC)NC(=O)[C@@H](CC(=O)[C@@H](NC(=O)CCP(=O)(O)C/C=C(\C)CC/C=C(\C)CCC=C(C)C)C(C)C)C(C)C. The van der Waals surface area contributed by atoms with Crippen LogP contribution in [0.4, 0.5) is 0 Å². The van der Waals surface area contributed by atoms with Gasteiger partial charge >= 0.3 is 5.97 Å². The van der Waals surface area contributed by atoms with Crippen molar-refractivity contribution in [1.29, 1.82) is 0 Å². The Morgan fingerprint density at radius 1 is 0.870 bits per heavy atom. The third kappa shape index (κ3) is 19.5. The van der Waals surface area contributed by atoms with E-state index in [1.54, 1.807) is 31.7 Å². The summed E-state index contributed by atoms with van der Waals surface area (Å²) in [6.07, 6.45) is 11.8. The lowest BCUT2D eigenvalue weighted by molar-refractivity contribution is -0.146. The first-order valence-electron chi connectivity index (χ1n) is 16.4. The van der Waals surface area contributed by atoms with Gasteiger partial charge in [0.15, 0.2) is 5.78 Å². The summed E-state index contributed by atoms with van der Waals surface area (Å²) in [6.45, 7) is 15.5. The first-order chi connectivity index (χ1) is 21.4. The van der Waals surface area contributed by atoms with Gasteiger partial charge in [0.1, 0.15) is 6.04 Å². The minimum atomic E-state index is -3.58. The third-order valence-electron chi connectivity index (χ3n) is 7.84. The Bertz CT molecular complexity index is 1130. The molecular weight excluding hydrogens is 623 g/mol. The summed E-state index contributed by atoms with van der Waals surface area (Å²) < 4.78 is 17.7. The lowest BCUT2D eigenvalue weighted by Crippen LogP contribution is -2.49. The van der Waals surface area contributed by atoms with Crippen LogP contribution in [0.25, 0.3) is 0 Å². The number of carbonyl (C=O) groups excluding carboxylic acids is 4. The number of methoxy groups -OCH3 is 1. The van der Waals surface area contributed by atoms with Gasteiger partial charge in [0.25, 0.3) is 0 Å². The molecule has 9 nitrogen and oxygen atoms in total. The lowest BCUT2D eigenvalue weighted by Gasteiger charge is -2.27. The molecule has 0 spiro atoms. The number of allylic oxidation sites excluding steroid dienone is 6. The second kappa shape index (κ2) is 23.2. The number of carbonyl (C=O) groups is 4. The Balaban J connectivity index is 5.14. The van der Waals surface area contributed by atoms with E-state index in [1.807, 2.05) is 27.0 Å². The Hall–Kier alpha value is -2.16. The number of amides is 2. The zero-order valence-electron chi connectivity index (χ0n) is 29.9. The maximum atomic E-state index is 13.4.